The van der Waals surface area contributed by atoms with Crippen molar-refractivity contribution in [2.24, 2.45) is 0 Å². The molecule has 0 saturated heterocycles. The van der Waals surface area contributed by atoms with Gasteiger partial charge in [0.2, 0.25) is 12.3 Å². The quantitative estimate of drug-likeness (QED) is 0.719. The average Bonchev–Trinajstić information content (AvgIpc) is 3.15. The van der Waals surface area contributed by atoms with Crippen LogP contribution in [-0.2, 0) is 0 Å². The fraction of sp³-hybridized carbons (Fsp3) is 0. The summed E-state index contributed by atoms with van der Waals surface area (Å²) in [4.78, 5) is 23.8. The van der Waals surface area contributed by atoms with Gasteiger partial charge in [0.25, 0.3) is 11.8 Å². The van der Waals surface area contributed by atoms with Crippen molar-refractivity contribution in [2.75, 3.05) is 0 Å². The Morgan fingerprint density at radius 3 is 2.00 bits per heavy atom. The molecule has 23 heavy (non-hydrogen) atoms. The van der Waals surface area contributed by atoms with Gasteiger partial charge in [-0.3, -0.25) is 20.4 Å². The summed E-state index contributed by atoms with van der Waals surface area (Å²) in [7, 11) is 0. The number of rotatable bonds is 3. The lowest BCUT2D eigenvalue weighted by molar-refractivity contribution is 0.0846. The maximum Gasteiger partial charge on any atom is 0.269 e. The molecular formula is C16H12N4O3. The first-order valence-electron chi connectivity index (χ1n) is 6.76. The second kappa shape index (κ2) is 6.52. The number of amides is 2. The molecule has 0 fully saturated rings. The van der Waals surface area contributed by atoms with Gasteiger partial charge in [-0.15, -0.1) is 10.2 Å². The molecule has 2 amide bonds. The van der Waals surface area contributed by atoms with E-state index in [0.29, 0.717) is 22.6 Å². The molecule has 0 saturated carbocycles. The van der Waals surface area contributed by atoms with Gasteiger partial charge in [-0.25, -0.2) is 0 Å². The predicted molar refractivity (Wildman–Crippen MR) is 81.1 cm³/mol. The molecule has 1 heterocycles. The standard InChI is InChI=1S/C16H12N4O3/c21-14(11-4-2-1-3-5-11)18-19-15(22)12-6-8-13(9-7-12)16-20-17-10-23-16/h1-10H,(H,18,21)(H,19,22). The van der Waals surface area contributed by atoms with Gasteiger partial charge in [0, 0.05) is 16.7 Å². The Morgan fingerprint density at radius 1 is 0.826 bits per heavy atom. The number of hydrogen-bond donors (Lipinski definition) is 2. The Balaban J connectivity index is 1.61. The molecule has 0 bridgehead atoms. The Hall–Kier alpha value is -3.48. The van der Waals surface area contributed by atoms with Gasteiger partial charge in [0.1, 0.15) is 0 Å². The van der Waals surface area contributed by atoms with Crippen molar-refractivity contribution in [2.45, 2.75) is 0 Å². The third-order valence-corrected chi connectivity index (χ3v) is 3.08. The molecule has 2 N–H and O–H groups in total. The highest BCUT2D eigenvalue weighted by molar-refractivity contribution is 5.99. The topological polar surface area (TPSA) is 97.1 Å². The zero-order valence-corrected chi connectivity index (χ0v) is 11.9. The Kier molecular flexibility index (Phi) is 4.10. The third-order valence-electron chi connectivity index (χ3n) is 3.08. The maximum atomic E-state index is 12.0. The van der Waals surface area contributed by atoms with Gasteiger partial charge >= 0.3 is 0 Å². The smallest absolute Gasteiger partial charge is 0.269 e. The summed E-state index contributed by atoms with van der Waals surface area (Å²) in [6.45, 7) is 0. The average molecular weight is 308 g/mol. The summed E-state index contributed by atoms with van der Waals surface area (Å²) >= 11 is 0. The van der Waals surface area contributed by atoms with Crippen LogP contribution in [0.4, 0.5) is 0 Å². The zero-order chi connectivity index (χ0) is 16.1. The zero-order valence-electron chi connectivity index (χ0n) is 11.9. The van der Waals surface area contributed by atoms with Crippen LogP contribution in [0.3, 0.4) is 0 Å². The number of hydrogen-bond acceptors (Lipinski definition) is 5. The van der Waals surface area contributed by atoms with E-state index in [1.54, 1.807) is 54.6 Å². The highest BCUT2D eigenvalue weighted by atomic mass is 16.4. The summed E-state index contributed by atoms with van der Waals surface area (Å²) in [5.41, 5.74) is 6.27. The minimum Gasteiger partial charge on any atom is -0.423 e. The Labute approximate surface area is 131 Å². The molecular weight excluding hydrogens is 296 g/mol. The van der Waals surface area contributed by atoms with Gasteiger partial charge < -0.3 is 4.42 Å². The van der Waals surface area contributed by atoms with Gasteiger partial charge in [-0.2, -0.15) is 0 Å². The fourth-order valence-electron chi connectivity index (χ4n) is 1.91. The summed E-state index contributed by atoms with van der Waals surface area (Å²) in [6, 6.07) is 15.2. The molecule has 0 atom stereocenters. The fourth-order valence-corrected chi connectivity index (χ4v) is 1.91. The molecule has 0 aliphatic heterocycles. The molecule has 0 radical (unpaired) electrons. The van der Waals surface area contributed by atoms with E-state index in [-0.39, 0.29) is 5.91 Å². The molecule has 0 aliphatic carbocycles. The molecule has 2 aromatic carbocycles. The lowest BCUT2D eigenvalue weighted by Gasteiger charge is -2.07. The van der Waals surface area contributed by atoms with Crippen molar-refractivity contribution in [1.29, 1.82) is 0 Å². The van der Waals surface area contributed by atoms with Crippen molar-refractivity contribution in [3.05, 3.63) is 72.1 Å². The molecule has 1 aromatic heterocycles. The van der Waals surface area contributed by atoms with Gasteiger partial charge in [0.05, 0.1) is 0 Å². The molecule has 7 heteroatoms. The number of carbonyl (C=O) groups excluding carboxylic acids is 2. The highest BCUT2D eigenvalue weighted by Gasteiger charge is 2.10. The molecule has 114 valence electrons. The third kappa shape index (κ3) is 3.41. The Bertz CT molecular complexity index is 799. The normalized spacial score (nSPS) is 10.1. The Morgan fingerprint density at radius 2 is 1.43 bits per heavy atom. The first-order valence-corrected chi connectivity index (χ1v) is 6.76. The van der Waals surface area contributed by atoms with E-state index in [2.05, 4.69) is 21.0 Å². The van der Waals surface area contributed by atoms with E-state index >= 15 is 0 Å². The second-order valence-corrected chi connectivity index (χ2v) is 4.60. The van der Waals surface area contributed by atoms with Crippen LogP contribution in [0.5, 0.6) is 0 Å². The van der Waals surface area contributed by atoms with Crippen LogP contribution in [0.25, 0.3) is 11.5 Å². The van der Waals surface area contributed by atoms with Crippen LogP contribution >= 0.6 is 0 Å². The van der Waals surface area contributed by atoms with Crippen molar-refractivity contribution in [3.8, 4) is 11.5 Å². The lowest BCUT2D eigenvalue weighted by Crippen LogP contribution is -2.41. The SMILES string of the molecule is O=C(NNC(=O)c1ccc(-c2nnco2)cc1)c1ccccc1. The highest BCUT2D eigenvalue weighted by Crippen LogP contribution is 2.16. The van der Waals surface area contributed by atoms with E-state index in [1.807, 2.05) is 0 Å². The lowest BCUT2D eigenvalue weighted by atomic mass is 10.1. The van der Waals surface area contributed by atoms with Crippen LogP contribution < -0.4 is 10.9 Å². The first kappa shape index (κ1) is 14.5. The van der Waals surface area contributed by atoms with Crippen LogP contribution in [0, 0.1) is 0 Å². The molecule has 3 rings (SSSR count). The second-order valence-electron chi connectivity index (χ2n) is 4.60. The number of nitrogens with zero attached hydrogens (tertiary/aromatic N) is 2. The predicted octanol–water partition coefficient (Wildman–Crippen LogP) is 1.81. The molecule has 0 aliphatic rings. The van der Waals surface area contributed by atoms with E-state index < -0.39 is 5.91 Å². The summed E-state index contributed by atoms with van der Waals surface area (Å²) in [5, 5.41) is 7.37. The summed E-state index contributed by atoms with van der Waals surface area (Å²) < 4.78 is 5.07. The van der Waals surface area contributed by atoms with Crippen molar-refractivity contribution in [1.82, 2.24) is 21.0 Å². The van der Waals surface area contributed by atoms with E-state index in [1.165, 1.54) is 6.39 Å². The van der Waals surface area contributed by atoms with E-state index in [0.717, 1.165) is 0 Å². The maximum absolute atomic E-state index is 12.0. The van der Waals surface area contributed by atoms with Crippen LogP contribution in [0.2, 0.25) is 0 Å². The van der Waals surface area contributed by atoms with Gasteiger partial charge in [-0.1, -0.05) is 18.2 Å². The monoisotopic (exact) mass is 308 g/mol. The van der Waals surface area contributed by atoms with E-state index in [4.69, 9.17) is 4.42 Å². The molecule has 3 aromatic rings. The number of carbonyl (C=O) groups is 2. The van der Waals surface area contributed by atoms with Crippen LogP contribution in [0.15, 0.2) is 65.4 Å². The van der Waals surface area contributed by atoms with Crippen molar-refractivity contribution >= 4 is 11.8 Å². The van der Waals surface area contributed by atoms with Crippen LogP contribution in [-0.4, -0.2) is 22.0 Å². The van der Waals surface area contributed by atoms with Crippen LogP contribution in [0.1, 0.15) is 20.7 Å². The van der Waals surface area contributed by atoms with Crippen molar-refractivity contribution in [3.63, 3.8) is 0 Å². The number of nitrogens with one attached hydrogen (secondary N) is 2. The summed E-state index contributed by atoms with van der Waals surface area (Å²) in [6.07, 6.45) is 1.23. The molecule has 7 nitrogen and oxygen atoms in total. The summed E-state index contributed by atoms with van der Waals surface area (Å²) in [5.74, 6) is -0.442. The number of hydrazine groups is 1. The molecule has 0 spiro atoms. The minimum atomic E-state index is -0.425. The minimum absolute atomic E-state index is 0.370. The number of aromatic nitrogens is 2. The first-order chi connectivity index (χ1) is 11.2. The molecule has 0 unspecified atom stereocenters. The van der Waals surface area contributed by atoms with Gasteiger partial charge in [0.15, 0.2) is 0 Å². The largest absolute Gasteiger partial charge is 0.423 e. The van der Waals surface area contributed by atoms with Gasteiger partial charge in [-0.05, 0) is 36.4 Å². The number of benzene rings is 2. The van der Waals surface area contributed by atoms with E-state index in [9.17, 15) is 9.59 Å². The van der Waals surface area contributed by atoms with Crippen molar-refractivity contribution < 1.29 is 14.0 Å².